The lowest BCUT2D eigenvalue weighted by atomic mass is 10.1. The van der Waals surface area contributed by atoms with Crippen LogP contribution in [-0.4, -0.2) is 56.5 Å². The molecule has 0 rings (SSSR count). The zero-order valence-corrected chi connectivity index (χ0v) is 12.0. The number of aliphatic carboxylic acids is 1. The van der Waals surface area contributed by atoms with E-state index in [4.69, 9.17) is 9.84 Å². The van der Waals surface area contributed by atoms with Crippen molar-refractivity contribution in [3.05, 3.63) is 0 Å². The third kappa shape index (κ3) is 8.30. The van der Waals surface area contributed by atoms with Gasteiger partial charge in [0, 0.05) is 20.1 Å². The molecule has 0 spiro atoms. The Bertz CT molecular complexity index is 334. The molecule has 3 N–H and O–H groups in total. The number of carbonyl (C=O) groups excluding carboxylic acids is 2. The number of hydrogen-bond acceptors (Lipinski definition) is 5. The van der Waals surface area contributed by atoms with Gasteiger partial charge in [-0.2, -0.15) is 0 Å². The van der Waals surface area contributed by atoms with Crippen LogP contribution in [0.25, 0.3) is 0 Å². The van der Waals surface area contributed by atoms with Crippen molar-refractivity contribution < 1.29 is 29.0 Å². The van der Waals surface area contributed by atoms with Crippen LogP contribution in [0, 0.1) is 5.92 Å². The molecule has 8 nitrogen and oxygen atoms in total. The summed E-state index contributed by atoms with van der Waals surface area (Å²) in [7, 11) is 2.78. The van der Waals surface area contributed by atoms with Crippen LogP contribution < -0.4 is 10.6 Å². The molecule has 20 heavy (non-hydrogen) atoms. The van der Waals surface area contributed by atoms with E-state index < -0.39 is 24.0 Å². The van der Waals surface area contributed by atoms with Gasteiger partial charge in [0.2, 0.25) is 0 Å². The Hall–Kier alpha value is -1.83. The first-order valence-corrected chi connectivity index (χ1v) is 6.23. The smallest absolute Gasteiger partial charge is 0.326 e. The van der Waals surface area contributed by atoms with Crippen molar-refractivity contribution in [2.24, 2.45) is 5.92 Å². The Labute approximate surface area is 117 Å². The molecule has 1 unspecified atom stereocenters. The molecule has 0 aromatic heterocycles. The van der Waals surface area contributed by atoms with Crippen LogP contribution >= 0.6 is 0 Å². The van der Waals surface area contributed by atoms with Crippen LogP contribution in [0.15, 0.2) is 0 Å². The summed E-state index contributed by atoms with van der Waals surface area (Å²) in [5.41, 5.74) is 0. The third-order valence-electron chi connectivity index (χ3n) is 2.53. The SMILES string of the molecule is COCC(C)CNC(=O)N[C@H](CCC(=O)OC)C(=O)O. The van der Waals surface area contributed by atoms with Crippen LogP contribution in [0.1, 0.15) is 19.8 Å². The molecular weight excluding hydrogens is 268 g/mol. The molecule has 0 aromatic carbocycles. The molecule has 0 fully saturated rings. The summed E-state index contributed by atoms with van der Waals surface area (Å²) in [4.78, 5) is 33.5. The average Bonchev–Trinajstić information content (AvgIpc) is 2.40. The molecule has 0 aliphatic heterocycles. The minimum Gasteiger partial charge on any atom is -0.480 e. The monoisotopic (exact) mass is 290 g/mol. The van der Waals surface area contributed by atoms with Gasteiger partial charge in [-0.25, -0.2) is 9.59 Å². The Morgan fingerprint density at radius 3 is 2.40 bits per heavy atom. The highest BCUT2D eigenvalue weighted by Gasteiger charge is 2.21. The standard InChI is InChI=1S/C12H22N2O6/c1-8(7-19-2)6-13-12(18)14-9(11(16)17)4-5-10(15)20-3/h8-9H,4-7H2,1-3H3,(H,16,17)(H2,13,14,18)/t8?,9-/m1/s1. The highest BCUT2D eigenvalue weighted by Crippen LogP contribution is 2.00. The molecule has 0 aliphatic carbocycles. The largest absolute Gasteiger partial charge is 0.480 e. The predicted molar refractivity (Wildman–Crippen MR) is 70.2 cm³/mol. The van der Waals surface area contributed by atoms with Crippen molar-refractivity contribution in [2.45, 2.75) is 25.8 Å². The minimum atomic E-state index is -1.20. The zero-order valence-electron chi connectivity index (χ0n) is 12.0. The quantitative estimate of drug-likeness (QED) is 0.514. The normalized spacial score (nSPS) is 13.2. The van der Waals surface area contributed by atoms with Crippen molar-refractivity contribution in [3.63, 3.8) is 0 Å². The Balaban J connectivity index is 4.14. The maximum atomic E-state index is 11.5. The van der Waals surface area contributed by atoms with Gasteiger partial charge < -0.3 is 25.2 Å². The van der Waals surface area contributed by atoms with E-state index in [0.29, 0.717) is 13.2 Å². The van der Waals surface area contributed by atoms with Crippen molar-refractivity contribution >= 4 is 18.0 Å². The van der Waals surface area contributed by atoms with Gasteiger partial charge in [-0.15, -0.1) is 0 Å². The van der Waals surface area contributed by atoms with Gasteiger partial charge >= 0.3 is 18.0 Å². The lowest BCUT2D eigenvalue weighted by Gasteiger charge is -2.16. The zero-order chi connectivity index (χ0) is 15.5. The van der Waals surface area contributed by atoms with Gasteiger partial charge in [-0.1, -0.05) is 6.92 Å². The summed E-state index contributed by atoms with van der Waals surface area (Å²) in [6.07, 6.45) is -0.100. The molecular formula is C12H22N2O6. The Morgan fingerprint density at radius 2 is 1.90 bits per heavy atom. The van der Waals surface area contributed by atoms with Gasteiger partial charge in [0.25, 0.3) is 0 Å². The van der Waals surface area contributed by atoms with E-state index in [9.17, 15) is 14.4 Å². The van der Waals surface area contributed by atoms with Crippen LogP contribution in [-0.2, 0) is 19.1 Å². The summed E-state index contributed by atoms with van der Waals surface area (Å²) in [6.45, 7) is 2.74. The summed E-state index contributed by atoms with van der Waals surface area (Å²) < 4.78 is 9.33. The molecule has 0 saturated heterocycles. The third-order valence-corrected chi connectivity index (χ3v) is 2.53. The number of urea groups is 1. The fourth-order valence-electron chi connectivity index (χ4n) is 1.44. The summed E-state index contributed by atoms with van der Waals surface area (Å²) in [6, 6.07) is -1.72. The van der Waals surface area contributed by atoms with Gasteiger partial charge in [-0.05, 0) is 12.3 Å². The number of carbonyl (C=O) groups is 3. The van der Waals surface area contributed by atoms with Crippen molar-refractivity contribution in [1.82, 2.24) is 10.6 Å². The maximum absolute atomic E-state index is 11.5. The van der Waals surface area contributed by atoms with Crippen LogP contribution in [0.4, 0.5) is 4.79 Å². The number of methoxy groups -OCH3 is 2. The van der Waals surface area contributed by atoms with E-state index >= 15 is 0 Å². The fourth-order valence-corrected chi connectivity index (χ4v) is 1.44. The molecule has 8 heteroatoms. The van der Waals surface area contributed by atoms with Gasteiger partial charge in [0.1, 0.15) is 6.04 Å². The van der Waals surface area contributed by atoms with E-state index in [0.717, 1.165) is 0 Å². The Morgan fingerprint density at radius 1 is 1.25 bits per heavy atom. The van der Waals surface area contributed by atoms with Crippen molar-refractivity contribution in [1.29, 1.82) is 0 Å². The number of hydrogen-bond donors (Lipinski definition) is 3. The van der Waals surface area contributed by atoms with Crippen LogP contribution in [0.5, 0.6) is 0 Å². The first-order valence-electron chi connectivity index (χ1n) is 6.23. The second-order valence-corrected chi connectivity index (χ2v) is 4.42. The topological polar surface area (TPSA) is 114 Å². The molecule has 2 atom stereocenters. The van der Waals surface area contributed by atoms with Crippen molar-refractivity contribution in [2.75, 3.05) is 27.4 Å². The number of nitrogens with one attached hydrogen (secondary N) is 2. The summed E-state index contributed by atoms with van der Waals surface area (Å²) in [5, 5.41) is 13.8. The van der Waals surface area contributed by atoms with E-state index in [1.54, 1.807) is 7.11 Å². The molecule has 116 valence electrons. The fraction of sp³-hybridized carbons (Fsp3) is 0.750. The van der Waals surface area contributed by atoms with Gasteiger partial charge in [0.05, 0.1) is 13.7 Å². The minimum absolute atomic E-state index is 0.0248. The van der Waals surface area contributed by atoms with Gasteiger partial charge in [-0.3, -0.25) is 4.79 Å². The van der Waals surface area contributed by atoms with E-state index in [1.165, 1.54) is 7.11 Å². The average molecular weight is 290 g/mol. The molecule has 0 heterocycles. The predicted octanol–water partition coefficient (Wildman–Crippen LogP) is -0.0255. The summed E-state index contributed by atoms with van der Waals surface area (Å²) >= 11 is 0. The second kappa shape index (κ2) is 10.0. The van der Waals surface area contributed by atoms with Crippen molar-refractivity contribution in [3.8, 4) is 0 Å². The molecule has 0 aliphatic rings. The highest BCUT2D eigenvalue weighted by atomic mass is 16.5. The molecule has 0 bridgehead atoms. The number of carboxylic acid groups (broad SMARTS) is 1. The molecule has 0 radical (unpaired) electrons. The maximum Gasteiger partial charge on any atom is 0.326 e. The number of rotatable bonds is 9. The Kier molecular flexibility index (Phi) is 9.10. The first-order chi connectivity index (χ1) is 9.40. The lowest BCUT2D eigenvalue weighted by Crippen LogP contribution is -2.47. The lowest BCUT2D eigenvalue weighted by molar-refractivity contribution is -0.142. The van der Waals surface area contributed by atoms with E-state index in [-0.39, 0.29) is 18.8 Å². The first kappa shape index (κ1) is 18.2. The molecule has 0 aromatic rings. The number of amides is 2. The molecule has 0 saturated carbocycles. The van der Waals surface area contributed by atoms with Gasteiger partial charge in [0.15, 0.2) is 0 Å². The molecule has 2 amide bonds. The summed E-state index contributed by atoms with van der Waals surface area (Å²) in [5.74, 6) is -1.61. The number of esters is 1. The number of carboxylic acids is 1. The van der Waals surface area contributed by atoms with Crippen LogP contribution in [0.3, 0.4) is 0 Å². The highest BCUT2D eigenvalue weighted by molar-refractivity contribution is 5.83. The van der Waals surface area contributed by atoms with E-state index in [1.807, 2.05) is 6.92 Å². The van der Waals surface area contributed by atoms with E-state index in [2.05, 4.69) is 15.4 Å². The van der Waals surface area contributed by atoms with Crippen LogP contribution in [0.2, 0.25) is 0 Å². The number of ether oxygens (including phenoxy) is 2. The second-order valence-electron chi connectivity index (χ2n) is 4.42.